The topological polar surface area (TPSA) is 47.3 Å². The summed E-state index contributed by atoms with van der Waals surface area (Å²) in [6.45, 7) is 6.97. The fourth-order valence-corrected chi connectivity index (χ4v) is 1.90. The molecule has 18 heavy (non-hydrogen) atoms. The first kappa shape index (κ1) is 14.8. The van der Waals surface area contributed by atoms with Gasteiger partial charge in [-0.25, -0.2) is 0 Å². The van der Waals surface area contributed by atoms with E-state index in [1.54, 1.807) is 0 Å². The number of hydrogen-bond acceptors (Lipinski definition) is 3. The van der Waals surface area contributed by atoms with Crippen LogP contribution in [0, 0.1) is 0 Å². The molecule has 0 radical (unpaired) electrons. The number of anilines is 1. The molecule has 0 unspecified atom stereocenters. The van der Waals surface area contributed by atoms with Gasteiger partial charge in [-0.05, 0) is 50.6 Å². The van der Waals surface area contributed by atoms with Gasteiger partial charge < -0.3 is 15.8 Å². The van der Waals surface area contributed by atoms with Gasteiger partial charge in [-0.1, -0.05) is 25.8 Å². The average molecular weight is 250 g/mol. The van der Waals surface area contributed by atoms with Gasteiger partial charge >= 0.3 is 0 Å². The molecule has 1 aromatic rings. The normalized spacial score (nSPS) is 10.6. The first-order valence-electron chi connectivity index (χ1n) is 6.99. The Bertz CT molecular complexity index is 339. The molecule has 0 aliphatic heterocycles. The standard InChI is InChI=1S/C15H26N2O/c1-3-5-6-10-17-11-9-13-7-8-15(18-4-2)14(16)12-13/h7-8,12,17H,3-6,9-11,16H2,1-2H3. The van der Waals surface area contributed by atoms with Crippen molar-refractivity contribution in [2.45, 2.75) is 39.5 Å². The van der Waals surface area contributed by atoms with E-state index in [2.05, 4.69) is 18.3 Å². The molecule has 0 saturated carbocycles. The minimum Gasteiger partial charge on any atom is -0.492 e. The third-order valence-electron chi connectivity index (χ3n) is 2.92. The molecule has 3 nitrogen and oxygen atoms in total. The third-order valence-corrected chi connectivity index (χ3v) is 2.92. The quantitative estimate of drug-likeness (QED) is 0.523. The van der Waals surface area contributed by atoms with E-state index in [1.165, 1.54) is 24.8 Å². The van der Waals surface area contributed by atoms with Gasteiger partial charge in [0.25, 0.3) is 0 Å². The van der Waals surface area contributed by atoms with Crippen molar-refractivity contribution in [1.82, 2.24) is 5.32 Å². The third kappa shape index (κ3) is 5.41. The summed E-state index contributed by atoms with van der Waals surface area (Å²) in [4.78, 5) is 0. The minimum atomic E-state index is 0.655. The van der Waals surface area contributed by atoms with Crippen LogP contribution in [0.1, 0.15) is 38.7 Å². The summed E-state index contributed by atoms with van der Waals surface area (Å²) in [7, 11) is 0. The van der Waals surface area contributed by atoms with Gasteiger partial charge in [-0.2, -0.15) is 0 Å². The van der Waals surface area contributed by atoms with Crippen molar-refractivity contribution >= 4 is 5.69 Å². The summed E-state index contributed by atoms with van der Waals surface area (Å²) in [5.74, 6) is 0.789. The molecule has 1 aromatic carbocycles. The zero-order valence-corrected chi connectivity index (χ0v) is 11.7. The molecule has 1 rings (SSSR count). The van der Waals surface area contributed by atoms with E-state index < -0.39 is 0 Å². The molecule has 3 N–H and O–H groups in total. The van der Waals surface area contributed by atoms with E-state index in [-0.39, 0.29) is 0 Å². The predicted molar refractivity (Wildman–Crippen MR) is 78.1 cm³/mol. The van der Waals surface area contributed by atoms with Crippen LogP contribution >= 0.6 is 0 Å². The Hall–Kier alpha value is -1.22. The number of nitrogens with two attached hydrogens (primary N) is 1. The Morgan fingerprint density at radius 3 is 2.67 bits per heavy atom. The van der Waals surface area contributed by atoms with Gasteiger partial charge in [-0.3, -0.25) is 0 Å². The van der Waals surface area contributed by atoms with E-state index >= 15 is 0 Å². The van der Waals surface area contributed by atoms with Crippen molar-refractivity contribution in [2.24, 2.45) is 0 Å². The minimum absolute atomic E-state index is 0.655. The average Bonchev–Trinajstić information content (AvgIpc) is 2.37. The van der Waals surface area contributed by atoms with Gasteiger partial charge in [-0.15, -0.1) is 0 Å². The fourth-order valence-electron chi connectivity index (χ4n) is 1.90. The maximum Gasteiger partial charge on any atom is 0.142 e. The smallest absolute Gasteiger partial charge is 0.142 e. The van der Waals surface area contributed by atoms with Gasteiger partial charge in [0.2, 0.25) is 0 Å². The monoisotopic (exact) mass is 250 g/mol. The van der Waals surface area contributed by atoms with Crippen molar-refractivity contribution in [1.29, 1.82) is 0 Å². The van der Waals surface area contributed by atoms with E-state index in [4.69, 9.17) is 10.5 Å². The first-order valence-corrected chi connectivity index (χ1v) is 6.99. The molecule has 0 aromatic heterocycles. The fraction of sp³-hybridized carbons (Fsp3) is 0.600. The number of unbranched alkanes of at least 4 members (excludes halogenated alkanes) is 2. The summed E-state index contributed by atoms with van der Waals surface area (Å²) < 4.78 is 5.42. The van der Waals surface area contributed by atoms with Gasteiger partial charge in [0.15, 0.2) is 0 Å². The van der Waals surface area contributed by atoms with Crippen molar-refractivity contribution < 1.29 is 4.74 Å². The molecule has 0 heterocycles. The summed E-state index contributed by atoms with van der Waals surface area (Å²) in [6, 6.07) is 6.07. The highest BCUT2D eigenvalue weighted by atomic mass is 16.5. The van der Waals surface area contributed by atoms with Crippen molar-refractivity contribution in [2.75, 3.05) is 25.4 Å². The molecule has 0 aliphatic rings. The zero-order chi connectivity index (χ0) is 13.2. The lowest BCUT2D eigenvalue weighted by Gasteiger charge is -2.09. The number of ether oxygens (including phenoxy) is 1. The summed E-state index contributed by atoms with van der Waals surface area (Å²) >= 11 is 0. The molecular weight excluding hydrogens is 224 g/mol. The lowest BCUT2D eigenvalue weighted by Crippen LogP contribution is -2.18. The first-order chi connectivity index (χ1) is 8.77. The lowest BCUT2D eigenvalue weighted by atomic mass is 10.1. The van der Waals surface area contributed by atoms with Crippen molar-refractivity contribution in [3.63, 3.8) is 0 Å². The Labute approximate surface area is 111 Å². The second kappa shape index (κ2) is 8.81. The second-order valence-electron chi connectivity index (χ2n) is 4.51. The molecule has 0 aliphatic carbocycles. The molecule has 0 amide bonds. The molecule has 0 saturated heterocycles. The lowest BCUT2D eigenvalue weighted by molar-refractivity contribution is 0.342. The summed E-state index contributed by atoms with van der Waals surface area (Å²) in [6.07, 6.45) is 4.87. The van der Waals surface area contributed by atoms with Crippen LogP contribution in [0.4, 0.5) is 5.69 Å². The van der Waals surface area contributed by atoms with Gasteiger partial charge in [0, 0.05) is 0 Å². The SMILES string of the molecule is CCCCCNCCc1ccc(OCC)c(N)c1. The van der Waals surface area contributed by atoms with E-state index in [0.717, 1.165) is 30.9 Å². The number of nitrogen functional groups attached to an aromatic ring is 1. The maximum absolute atomic E-state index is 5.93. The predicted octanol–water partition coefficient (Wildman–Crippen LogP) is 2.99. The Kier molecular flexibility index (Phi) is 7.26. The van der Waals surface area contributed by atoms with Crippen LogP contribution in [0.15, 0.2) is 18.2 Å². The van der Waals surface area contributed by atoms with Crippen LogP contribution < -0.4 is 15.8 Å². The molecule has 0 spiro atoms. The van der Waals surface area contributed by atoms with Crippen molar-refractivity contribution in [3.05, 3.63) is 23.8 Å². The van der Waals surface area contributed by atoms with Crippen LogP contribution in [0.25, 0.3) is 0 Å². The molecule has 102 valence electrons. The number of benzene rings is 1. The van der Waals surface area contributed by atoms with Crippen LogP contribution in [0.3, 0.4) is 0 Å². The Morgan fingerprint density at radius 1 is 1.17 bits per heavy atom. The van der Waals surface area contributed by atoms with Crippen LogP contribution in [0.5, 0.6) is 5.75 Å². The van der Waals surface area contributed by atoms with Crippen molar-refractivity contribution in [3.8, 4) is 5.75 Å². The summed E-state index contributed by atoms with van der Waals surface area (Å²) in [5, 5.41) is 3.46. The van der Waals surface area contributed by atoms with Crippen LogP contribution in [-0.4, -0.2) is 19.7 Å². The summed E-state index contributed by atoms with van der Waals surface area (Å²) in [5.41, 5.74) is 7.93. The highest BCUT2D eigenvalue weighted by molar-refractivity contribution is 5.54. The number of nitrogens with one attached hydrogen (secondary N) is 1. The number of rotatable bonds is 9. The molecule has 0 atom stereocenters. The molecule has 0 fully saturated rings. The zero-order valence-electron chi connectivity index (χ0n) is 11.7. The molecule has 3 heteroatoms. The van der Waals surface area contributed by atoms with E-state index in [9.17, 15) is 0 Å². The largest absolute Gasteiger partial charge is 0.492 e. The molecule has 0 bridgehead atoms. The van der Waals surface area contributed by atoms with E-state index in [1.807, 2.05) is 19.1 Å². The van der Waals surface area contributed by atoms with E-state index in [0.29, 0.717) is 6.61 Å². The molecular formula is C15H26N2O. The second-order valence-corrected chi connectivity index (χ2v) is 4.51. The van der Waals surface area contributed by atoms with Crippen LogP contribution in [-0.2, 0) is 6.42 Å². The maximum atomic E-state index is 5.93. The van der Waals surface area contributed by atoms with Gasteiger partial charge in [0.05, 0.1) is 12.3 Å². The number of hydrogen-bond donors (Lipinski definition) is 2. The van der Waals surface area contributed by atoms with Gasteiger partial charge in [0.1, 0.15) is 5.75 Å². The Balaban J connectivity index is 2.28. The van der Waals surface area contributed by atoms with Crippen LogP contribution in [0.2, 0.25) is 0 Å². The Morgan fingerprint density at radius 2 is 2.00 bits per heavy atom. The highest BCUT2D eigenvalue weighted by Crippen LogP contribution is 2.22. The highest BCUT2D eigenvalue weighted by Gasteiger charge is 2.01.